The van der Waals surface area contributed by atoms with E-state index in [-0.39, 0.29) is 5.91 Å². The van der Waals surface area contributed by atoms with Gasteiger partial charge in [0.25, 0.3) is 5.91 Å². The number of aromatic amines is 1. The fourth-order valence-corrected chi connectivity index (χ4v) is 3.39. The van der Waals surface area contributed by atoms with Gasteiger partial charge in [-0.1, -0.05) is 38.0 Å². The molecule has 1 heterocycles. The summed E-state index contributed by atoms with van der Waals surface area (Å²) in [6.07, 6.45) is 5.46. The zero-order valence-electron chi connectivity index (χ0n) is 12.4. The largest absolute Gasteiger partial charge is 0.388 e. The second-order valence-electron chi connectivity index (χ2n) is 6.36. The predicted molar refractivity (Wildman–Crippen MR) is 83.2 cm³/mol. The van der Waals surface area contributed by atoms with Crippen LogP contribution in [0.15, 0.2) is 30.5 Å². The fourth-order valence-electron chi connectivity index (χ4n) is 3.39. The van der Waals surface area contributed by atoms with Gasteiger partial charge in [-0.05, 0) is 24.8 Å². The molecule has 2 aromatic rings. The first-order valence-corrected chi connectivity index (χ1v) is 7.64. The molecule has 0 spiro atoms. The molecule has 1 aliphatic rings. The molecule has 1 fully saturated rings. The Morgan fingerprint density at radius 2 is 2.29 bits per heavy atom. The molecule has 21 heavy (non-hydrogen) atoms. The van der Waals surface area contributed by atoms with E-state index in [4.69, 9.17) is 0 Å². The Kier molecular flexibility index (Phi) is 3.72. The minimum Gasteiger partial charge on any atom is -0.388 e. The number of hydrogen-bond donors (Lipinski definition) is 3. The van der Waals surface area contributed by atoms with Crippen LogP contribution in [-0.2, 0) is 0 Å². The number of nitrogens with one attached hydrogen (secondary N) is 2. The highest BCUT2D eigenvalue weighted by Crippen LogP contribution is 2.31. The highest BCUT2D eigenvalue weighted by molar-refractivity contribution is 6.06. The SMILES string of the molecule is CC1CCCC(O)(CNC(=O)c2c[nH]c3ccccc23)C1. The van der Waals surface area contributed by atoms with E-state index in [0.29, 0.717) is 18.0 Å². The predicted octanol–water partition coefficient (Wildman–Crippen LogP) is 2.84. The third kappa shape index (κ3) is 2.95. The number of rotatable bonds is 3. The molecule has 1 aliphatic carbocycles. The number of carbonyl (C=O) groups excluding carboxylic acids is 1. The second kappa shape index (κ2) is 5.53. The molecule has 3 N–H and O–H groups in total. The molecule has 1 amide bonds. The Bertz CT molecular complexity index is 649. The molecule has 2 atom stereocenters. The molecule has 4 heteroatoms. The van der Waals surface area contributed by atoms with E-state index in [1.165, 1.54) is 6.42 Å². The normalized spacial score (nSPS) is 25.9. The summed E-state index contributed by atoms with van der Waals surface area (Å²) < 4.78 is 0. The van der Waals surface area contributed by atoms with E-state index >= 15 is 0 Å². The Labute approximate surface area is 124 Å². The molecule has 1 saturated carbocycles. The lowest BCUT2D eigenvalue weighted by molar-refractivity contribution is -0.0109. The first-order chi connectivity index (χ1) is 10.1. The third-order valence-corrected chi connectivity index (χ3v) is 4.48. The molecule has 3 rings (SSSR count). The van der Waals surface area contributed by atoms with E-state index < -0.39 is 5.60 Å². The first-order valence-electron chi connectivity index (χ1n) is 7.64. The van der Waals surface area contributed by atoms with E-state index in [2.05, 4.69) is 17.2 Å². The van der Waals surface area contributed by atoms with Crippen molar-refractivity contribution in [3.05, 3.63) is 36.0 Å². The summed E-state index contributed by atoms with van der Waals surface area (Å²) in [5.41, 5.74) is 0.838. The molecule has 0 radical (unpaired) electrons. The van der Waals surface area contributed by atoms with Crippen molar-refractivity contribution >= 4 is 16.8 Å². The Morgan fingerprint density at radius 1 is 1.48 bits per heavy atom. The summed E-state index contributed by atoms with van der Waals surface area (Å²) in [7, 11) is 0. The van der Waals surface area contributed by atoms with Gasteiger partial charge in [-0.2, -0.15) is 0 Å². The number of carbonyl (C=O) groups is 1. The van der Waals surface area contributed by atoms with Crippen LogP contribution in [0.4, 0.5) is 0 Å². The van der Waals surface area contributed by atoms with Gasteiger partial charge in [0.05, 0.1) is 11.2 Å². The molecular formula is C17H22N2O2. The Balaban J connectivity index is 1.69. The van der Waals surface area contributed by atoms with Crippen LogP contribution in [0.3, 0.4) is 0 Å². The summed E-state index contributed by atoms with van der Waals surface area (Å²) in [5.74, 6) is 0.396. The van der Waals surface area contributed by atoms with Gasteiger partial charge in [-0.3, -0.25) is 4.79 Å². The van der Waals surface area contributed by atoms with Gasteiger partial charge in [-0.15, -0.1) is 0 Å². The minimum atomic E-state index is -0.751. The van der Waals surface area contributed by atoms with Crippen molar-refractivity contribution in [1.29, 1.82) is 0 Å². The molecule has 0 aliphatic heterocycles. The topological polar surface area (TPSA) is 65.1 Å². The van der Waals surface area contributed by atoms with Gasteiger partial charge in [-0.25, -0.2) is 0 Å². The first kappa shape index (κ1) is 14.1. The van der Waals surface area contributed by atoms with Crippen LogP contribution in [0.1, 0.15) is 43.0 Å². The molecule has 4 nitrogen and oxygen atoms in total. The molecular weight excluding hydrogens is 264 g/mol. The maximum atomic E-state index is 12.3. The highest BCUT2D eigenvalue weighted by Gasteiger charge is 2.33. The van der Waals surface area contributed by atoms with Crippen LogP contribution in [0.25, 0.3) is 10.9 Å². The zero-order valence-corrected chi connectivity index (χ0v) is 12.4. The zero-order chi connectivity index (χ0) is 14.9. The van der Waals surface area contributed by atoms with Crippen LogP contribution in [0.5, 0.6) is 0 Å². The number of aliphatic hydroxyl groups is 1. The van der Waals surface area contributed by atoms with Gasteiger partial charge >= 0.3 is 0 Å². The third-order valence-electron chi connectivity index (χ3n) is 4.48. The molecule has 0 bridgehead atoms. The number of H-pyrrole nitrogens is 1. The summed E-state index contributed by atoms with van der Waals surface area (Å²) in [4.78, 5) is 15.4. The van der Waals surface area contributed by atoms with E-state index in [9.17, 15) is 9.90 Å². The fraction of sp³-hybridized carbons (Fsp3) is 0.471. The summed E-state index contributed by atoms with van der Waals surface area (Å²) in [5, 5.41) is 14.4. The number of para-hydroxylation sites is 1. The smallest absolute Gasteiger partial charge is 0.253 e. The summed E-state index contributed by atoms with van der Waals surface area (Å²) in [6.45, 7) is 2.49. The standard InChI is InChI=1S/C17H22N2O2/c1-12-5-4-8-17(21,9-12)11-19-16(20)14-10-18-15-7-3-2-6-13(14)15/h2-3,6-7,10,12,18,21H,4-5,8-9,11H2,1H3,(H,19,20). The van der Waals surface area contributed by atoms with E-state index in [0.717, 1.165) is 30.2 Å². The van der Waals surface area contributed by atoms with Crippen LogP contribution in [0.2, 0.25) is 0 Å². The monoisotopic (exact) mass is 286 g/mol. The quantitative estimate of drug-likeness (QED) is 0.812. The Morgan fingerprint density at radius 3 is 3.10 bits per heavy atom. The van der Waals surface area contributed by atoms with E-state index in [1.54, 1.807) is 6.20 Å². The lowest BCUT2D eigenvalue weighted by Gasteiger charge is -2.35. The van der Waals surface area contributed by atoms with Crippen LogP contribution < -0.4 is 5.32 Å². The van der Waals surface area contributed by atoms with Gasteiger partial charge in [0.2, 0.25) is 0 Å². The van der Waals surface area contributed by atoms with Crippen LogP contribution >= 0.6 is 0 Å². The van der Waals surface area contributed by atoms with Crippen molar-refractivity contribution in [2.75, 3.05) is 6.54 Å². The average molecular weight is 286 g/mol. The summed E-state index contributed by atoms with van der Waals surface area (Å²) in [6, 6.07) is 7.73. The highest BCUT2D eigenvalue weighted by atomic mass is 16.3. The number of hydrogen-bond acceptors (Lipinski definition) is 2. The molecule has 1 aromatic heterocycles. The maximum Gasteiger partial charge on any atom is 0.253 e. The minimum absolute atomic E-state index is 0.126. The lowest BCUT2D eigenvalue weighted by Crippen LogP contribution is -2.45. The van der Waals surface area contributed by atoms with Crippen molar-refractivity contribution in [3.63, 3.8) is 0 Å². The van der Waals surface area contributed by atoms with Gasteiger partial charge in [0.1, 0.15) is 0 Å². The van der Waals surface area contributed by atoms with Crippen molar-refractivity contribution in [2.45, 2.75) is 38.2 Å². The second-order valence-corrected chi connectivity index (χ2v) is 6.36. The summed E-state index contributed by atoms with van der Waals surface area (Å²) >= 11 is 0. The van der Waals surface area contributed by atoms with Crippen LogP contribution in [-0.4, -0.2) is 28.1 Å². The number of amides is 1. The maximum absolute atomic E-state index is 12.3. The van der Waals surface area contributed by atoms with Crippen molar-refractivity contribution in [2.24, 2.45) is 5.92 Å². The van der Waals surface area contributed by atoms with E-state index in [1.807, 2.05) is 24.3 Å². The van der Waals surface area contributed by atoms with Crippen molar-refractivity contribution in [3.8, 4) is 0 Å². The lowest BCUT2D eigenvalue weighted by atomic mass is 9.79. The van der Waals surface area contributed by atoms with Gasteiger partial charge < -0.3 is 15.4 Å². The van der Waals surface area contributed by atoms with Crippen molar-refractivity contribution in [1.82, 2.24) is 10.3 Å². The van der Waals surface area contributed by atoms with Crippen molar-refractivity contribution < 1.29 is 9.90 Å². The van der Waals surface area contributed by atoms with Crippen LogP contribution in [0, 0.1) is 5.92 Å². The average Bonchev–Trinajstić information content (AvgIpc) is 2.89. The molecule has 2 unspecified atom stereocenters. The van der Waals surface area contributed by atoms with Gasteiger partial charge in [0, 0.05) is 23.6 Å². The molecule has 112 valence electrons. The molecule has 0 saturated heterocycles. The molecule has 1 aromatic carbocycles. The number of fused-ring (bicyclic) bond motifs is 1. The number of benzene rings is 1. The number of aromatic nitrogens is 1. The van der Waals surface area contributed by atoms with Gasteiger partial charge in [0.15, 0.2) is 0 Å². The Hall–Kier alpha value is -1.81.